The summed E-state index contributed by atoms with van der Waals surface area (Å²) in [7, 11) is 0. The van der Waals surface area contributed by atoms with Gasteiger partial charge < -0.3 is 14.2 Å². The van der Waals surface area contributed by atoms with E-state index in [0.29, 0.717) is 17.9 Å². The zero-order valence-corrected chi connectivity index (χ0v) is 14.3. The summed E-state index contributed by atoms with van der Waals surface area (Å²) in [6, 6.07) is 0.634. The van der Waals surface area contributed by atoms with Gasteiger partial charge in [0.1, 0.15) is 0 Å². The molecule has 0 aromatic carbocycles. The van der Waals surface area contributed by atoms with Gasteiger partial charge in [0, 0.05) is 25.6 Å². The topological polar surface area (TPSA) is 62.5 Å². The van der Waals surface area contributed by atoms with Gasteiger partial charge in [-0.2, -0.15) is 0 Å². The Bertz CT molecular complexity index is 516. The summed E-state index contributed by atoms with van der Waals surface area (Å²) < 4.78 is 5.47. The average Bonchev–Trinajstić information content (AvgIpc) is 3.26. The summed E-state index contributed by atoms with van der Waals surface area (Å²) in [5.41, 5.74) is 0. The van der Waals surface area contributed by atoms with E-state index in [2.05, 4.69) is 28.9 Å². The maximum Gasteiger partial charge on any atom is 0.311 e. The normalized spacial score (nSPS) is 21.7. The van der Waals surface area contributed by atoms with Crippen LogP contribution in [0.2, 0.25) is 0 Å². The van der Waals surface area contributed by atoms with Crippen molar-refractivity contribution < 1.29 is 9.21 Å². The molecule has 3 rings (SSSR count). The molecule has 0 spiro atoms. The van der Waals surface area contributed by atoms with Crippen molar-refractivity contribution in [2.45, 2.75) is 58.4 Å². The van der Waals surface area contributed by atoms with Crippen LogP contribution >= 0.6 is 0 Å². The molecule has 1 aromatic heterocycles. The van der Waals surface area contributed by atoms with Crippen LogP contribution in [0.15, 0.2) is 4.42 Å². The zero-order valence-electron chi connectivity index (χ0n) is 14.3. The molecule has 6 nitrogen and oxygen atoms in total. The number of aryl methyl sites for hydroxylation is 1. The van der Waals surface area contributed by atoms with Gasteiger partial charge in [-0.15, -0.1) is 10.2 Å². The highest BCUT2D eigenvalue weighted by molar-refractivity contribution is 5.89. The first-order chi connectivity index (χ1) is 11.2. The molecule has 6 heteroatoms. The van der Waals surface area contributed by atoms with Crippen molar-refractivity contribution in [2.75, 3.05) is 26.2 Å². The Morgan fingerprint density at radius 2 is 1.91 bits per heavy atom. The largest absolute Gasteiger partial charge is 0.417 e. The lowest BCUT2D eigenvalue weighted by Crippen LogP contribution is -2.45. The number of amides is 1. The summed E-state index contributed by atoms with van der Waals surface area (Å²) >= 11 is 0. The number of hydrogen-bond acceptors (Lipinski definition) is 5. The van der Waals surface area contributed by atoms with Gasteiger partial charge in [0.05, 0.1) is 0 Å². The standard InChI is InChI=1S/C17H28N4O2/c1-3-6-15-18-19-16(23-15)17(22)21-11-7-14(8-12-21)13(2)20-9-4-5-10-20/h13-14H,3-12H2,1-2H3/t13-/m1/s1. The number of aromatic nitrogens is 2. The Morgan fingerprint density at radius 3 is 2.57 bits per heavy atom. The van der Waals surface area contributed by atoms with Crippen LogP contribution in [-0.2, 0) is 6.42 Å². The number of rotatable bonds is 5. The van der Waals surface area contributed by atoms with Crippen molar-refractivity contribution in [3.05, 3.63) is 11.8 Å². The van der Waals surface area contributed by atoms with Crippen LogP contribution in [0.5, 0.6) is 0 Å². The monoisotopic (exact) mass is 320 g/mol. The van der Waals surface area contributed by atoms with E-state index in [0.717, 1.165) is 38.8 Å². The molecule has 2 fully saturated rings. The number of hydrogen-bond donors (Lipinski definition) is 0. The summed E-state index contributed by atoms with van der Waals surface area (Å²) in [5.74, 6) is 1.30. The lowest BCUT2D eigenvalue weighted by atomic mass is 9.89. The van der Waals surface area contributed by atoms with E-state index in [4.69, 9.17) is 4.42 Å². The SMILES string of the molecule is CCCc1nnc(C(=O)N2CCC([C@@H](C)N3CCCC3)CC2)o1. The first kappa shape index (κ1) is 16.4. The third-order valence-electron chi connectivity index (χ3n) is 5.34. The summed E-state index contributed by atoms with van der Waals surface area (Å²) in [4.78, 5) is 16.9. The van der Waals surface area contributed by atoms with Crippen molar-refractivity contribution in [3.8, 4) is 0 Å². The van der Waals surface area contributed by atoms with Crippen LogP contribution in [0, 0.1) is 5.92 Å². The van der Waals surface area contributed by atoms with Crippen LogP contribution in [-0.4, -0.2) is 58.1 Å². The van der Waals surface area contributed by atoms with E-state index in [9.17, 15) is 4.79 Å². The van der Waals surface area contributed by atoms with Crippen molar-refractivity contribution in [3.63, 3.8) is 0 Å². The molecule has 0 unspecified atom stereocenters. The van der Waals surface area contributed by atoms with Gasteiger partial charge in [-0.05, 0) is 58.0 Å². The quantitative estimate of drug-likeness (QED) is 0.833. The number of carbonyl (C=O) groups excluding carboxylic acids is 1. The van der Waals surface area contributed by atoms with Gasteiger partial charge in [-0.1, -0.05) is 6.92 Å². The van der Waals surface area contributed by atoms with Gasteiger partial charge in [-0.25, -0.2) is 0 Å². The van der Waals surface area contributed by atoms with Crippen molar-refractivity contribution in [1.29, 1.82) is 0 Å². The number of nitrogens with zero attached hydrogens (tertiary/aromatic N) is 4. The number of piperidine rings is 1. The molecule has 0 bridgehead atoms. The second-order valence-electron chi connectivity index (χ2n) is 6.86. The second kappa shape index (κ2) is 7.43. The highest BCUT2D eigenvalue weighted by Gasteiger charge is 2.32. The Kier molecular flexibility index (Phi) is 5.30. The molecule has 1 amide bonds. The molecule has 0 N–H and O–H groups in total. The van der Waals surface area contributed by atoms with Crippen LogP contribution in [0.1, 0.15) is 62.5 Å². The fourth-order valence-corrected chi connectivity index (χ4v) is 3.82. The first-order valence-electron chi connectivity index (χ1n) is 9.04. The third kappa shape index (κ3) is 3.74. The van der Waals surface area contributed by atoms with Gasteiger partial charge >= 0.3 is 11.8 Å². The highest BCUT2D eigenvalue weighted by Crippen LogP contribution is 2.27. The van der Waals surface area contributed by atoms with E-state index in [-0.39, 0.29) is 11.8 Å². The van der Waals surface area contributed by atoms with Crippen molar-refractivity contribution >= 4 is 5.91 Å². The molecule has 2 saturated heterocycles. The van der Waals surface area contributed by atoms with E-state index in [1.807, 2.05) is 4.90 Å². The minimum atomic E-state index is -0.105. The summed E-state index contributed by atoms with van der Waals surface area (Å²) in [6.45, 7) is 8.48. The minimum absolute atomic E-state index is 0.105. The Morgan fingerprint density at radius 1 is 1.22 bits per heavy atom. The fourth-order valence-electron chi connectivity index (χ4n) is 3.82. The van der Waals surface area contributed by atoms with Crippen LogP contribution in [0.4, 0.5) is 0 Å². The number of carbonyl (C=O) groups is 1. The van der Waals surface area contributed by atoms with Gasteiger partial charge in [0.15, 0.2) is 0 Å². The average molecular weight is 320 g/mol. The van der Waals surface area contributed by atoms with Crippen LogP contribution < -0.4 is 0 Å². The van der Waals surface area contributed by atoms with Gasteiger partial charge in [-0.3, -0.25) is 4.79 Å². The van der Waals surface area contributed by atoms with E-state index >= 15 is 0 Å². The smallest absolute Gasteiger partial charge is 0.311 e. The third-order valence-corrected chi connectivity index (χ3v) is 5.34. The molecular formula is C17H28N4O2. The molecule has 1 atom stereocenters. The summed E-state index contributed by atoms with van der Waals surface area (Å²) in [6.07, 6.45) is 6.47. The molecule has 2 aliphatic rings. The van der Waals surface area contributed by atoms with Gasteiger partial charge in [0.25, 0.3) is 0 Å². The Balaban J connectivity index is 1.52. The van der Waals surface area contributed by atoms with E-state index in [1.54, 1.807) is 0 Å². The van der Waals surface area contributed by atoms with Crippen LogP contribution in [0.3, 0.4) is 0 Å². The number of likely N-dealkylation sites (tertiary alicyclic amines) is 2. The molecule has 0 radical (unpaired) electrons. The van der Waals surface area contributed by atoms with Crippen LogP contribution in [0.25, 0.3) is 0 Å². The molecule has 0 aliphatic carbocycles. The maximum absolute atomic E-state index is 12.5. The molecule has 128 valence electrons. The predicted octanol–water partition coefficient (Wildman–Crippen LogP) is 2.36. The summed E-state index contributed by atoms with van der Waals surface area (Å²) in [5, 5.41) is 7.86. The Hall–Kier alpha value is -1.43. The molecule has 0 saturated carbocycles. The fraction of sp³-hybridized carbons (Fsp3) is 0.824. The van der Waals surface area contributed by atoms with Crippen molar-refractivity contribution in [2.24, 2.45) is 5.92 Å². The molecular weight excluding hydrogens is 292 g/mol. The molecule has 23 heavy (non-hydrogen) atoms. The van der Waals surface area contributed by atoms with E-state index < -0.39 is 0 Å². The molecule has 2 aliphatic heterocycles. The van der Waals surface area contributed by atoms with Gasteiger partial charge in [0.2, 0.25) is 5.89 Å². The molecule has 3 heterocycles. The minimum Gasteiger partial charge on any atom is -0.417 e. The van der Waals surface area contributed by atoms with Crippen molar-refractivity contribution in [1.82, 2.24) is 20.0 Å². The first-order valence-corrected chi connectivity index (χ1v) is 9.04. The second-order valence-corrected chi connectivity index (χ2v) is 6.86. The zero-order chi connectivity index (χ0) is 16.2. The lowest BCUT2D eigenvalue weighted by Gasteiger charge is -2.37. The highest BCUT2D eigenvalue weighted by atomic mass is 16.4. The lowest BCUT2D eigenvalue weighted by molar-refractivity contribution is 0.0585. The Labute approximate surface area is 138 Å². The maximum atomic E-state index is 12.5. The predicted molar refractivity (Wildman–Crippen MR) is 87.2 cm³/mol. The molecule has 1 aromatic rings. The van der Waals surface area contributed by atoms with E-state index in [1.165, 1.54) is 25.9 Å².